The summed E-state index contributed by atoms with van der Waals surface area (Å²) in [6.07, 6.45) is 2.03. The number of aliphatic hydroxyl groups is 1. The molecule has 2 saturated heterocycles. The van der Waals surface area contributed by atoms with Gasteiger partial charge in [0.15, 0.2) is 0 Å². The van der Waals surface area contributed by atoms with E-state index in [1.807, 2.05) is 0 Å². The molecule has 2 fully saturated rings. The maximum absolute atomic E-state index is 9.73. The van der Waals surface area contributed by atoms with Crippen LogP contribution in [0.5, 0.6) is 0 Å². The largest absolute Gasteiger partial charge is 0.393 e. The molecule has 3 unspecified atom stereocenters. The molecule has 0 aromatic heterocycles. The molecule has 2 rings (SSSR count). The van der Waals surface area contributed by atoms with Gasteiger partial charge in [-0.3, -0.25) is 0 Å². The minimum Gasteiger partial charge on any atom is -0.393 e. The Morgan fingerprint density at radius 2 is 2.25 bits per heavy atom. The van der Waals surface area contributed by atoms with Crippen LogP contribution in [0.4, 0.5) is 0 Å². The van der Waals surface area contributed by atoms with Gasteiger partial charge in [-0.15, -0.1) is 0 Å². The SMILES string of the molecule is CN1CCC2C(O)CCNC2C1. The molecule has 12 heavy (non-hydrogen) atoms. The molecule has 70 valence electrons. The summed E-state index contributed by atoms with van der Waals surface area (Å²) in [7, 11) is 2.15. The van der Waals surface area contributed by atoms with E-state index in [2.05, 4.69) is 17.3 Å². The number of piperidine rings is 2. The highest BCUT2D eigenvalue weighted by atomic mass is 16.3. The molecule has 2 N–H and O–H groups in total. The number of hydrogen-bond donors (Lipinski definition) is 2. The molecule has 0 aromatic rings. The van der Waals surface area contributed by atoms with Crippen LogP contribution in [0.25, 0.3) is 0 Å². The second kappa shape index (κ2) is 3.32. The number of rotatable bonds is 0. The predicted octanol–water partition coefficient (Wildman–Crippen LogP) is -0.339. The molecule has 0 spiro atoms. The zero-order valence-electron chi connectivity index (χ0n) is 7.66. The van der Waals surface area contributed by atoms with Crippen molar-refractivity contribution in [3.05, 3.63) is 0 Å². The van der Waals surface area contributed by atoms with Gasteiger partial charge in [-0.05, 0) is 33.0 Å². The molecule has 0 bridgehead atoms. The van der Waals surface area contributed by atoms with Gasteiger partial charge in [-0.2, -0.15) is 0 Å². The van der Waals surface area contributed by atoms with Gasteiger partial charge < -0.3 is 15.3 Å². The number of fused-ring (bicyclic) bond motifs is 1. The van der Waals surface area contributed by atoms with Crippen LogP contribution in [0, 0.1) is 5.92 Å². The smallest absolute Gasteiger partial charge is 0.0596 e. The fourth-order valence-electron chi connectivity index (χ4n) is 2.44. The van der Waals surface area contributed by atoms with Crippen molar-refractivity contribution in [2.45, 2.75) is 25.0 Å². The van der Waals surface area contributed by atoms with Crippen molar-refractivity contribution in [1.29, 1.82) is 0 Å². The summed E-state index contributed by atoms with van der Waals surface area (Å²) >= 11 is 0. The highest BCUT2D eigenvalue weighted by Gasteiger charge is 2.34. The Hall–Kier alpha value is -0.120. The summed E-state index contributed by atoms with van der Waals surface area (Å²) in [6.45, 7) is 3.22. The van der Waals surface area contributed by atoms with Gasteiger partial charge in [-0.25, -0.2) is 0 Å². The molecule has 0 amide bonds. The average Bonchev–Trinajstić information content (AvgIpc) is 2.04. The van der Waals surface area contributed by atoms with Crippen molar-refractivity contribution in [1.82, 2.24) is 10.2 Å². The van der Waals surface area contributed by atoms with Crippen molar-refractivity contribution in [2.24, 2.45) is 5.92 Å². The molecular weight excluding hydrogens is 152 g/mol. The predicted molar refractivity (Wildman–Crippen MR) is 48.0 cm³/mol. The highest BCUT2D eigenvalue weighted by Crippen LogP contribution is 2.24. The minimum atomic E-state index is -0.0510. The van der Waals surface area contributed by atoms with Gasteiger partial charge in [0.2, 0.25) is 0 Å². The van der Waals surface area contributed by atoms with Crippen molar-refractivity contribution >= 4 is 0 Å². The van der Waals surface area contributed by atoms with E-state index in [9.17, 15) is 5.11 Å². The second-order valence-corrected chi connectivity index (χ2v) is 4.13. The van der Waals surface area contributed by atoms with Gasteiger partial charge in [0.1, 0.15) is 0 Å². The zero-order valence-corrected chi connectivity index (χ0v) is 7.66. The van der Waals surface area contributed by atoms with Crippen molar-refractivity contribution in [2.75, 3.05) is 26.7 Å². The Labute approximate surface area is 73.8 Å². The lowest BCUT2D eigenvalue weighted by Crippen LogP contribution is -2.57. The van der Waals surface area contributed by atoms with Gasteiger partial charge >= 0.3 is 0 Å². The zero-order chi connectivity index (χ0) is 8.55. The van der Waals surface area contributed by atoms with Gasteiger partial charge in [-0.1, -0.05) is 0 Å². The molecular formula is C9H18N2O. The molecule has 0 aliphatic carbocycles. The van der Waals surface area contributed by atoms with E-state index in [4.69, 9.17) is 0 Å². The number of nitrogens with one attached hydrogen (secondary N) is 1. The molecule has 0 radical (unpaired) electrons. The lowest BCUT2D eigenvalue weighted by molar-refractivity contribution is 0.0133. The van der Waals surface area contributed by atoms with Crippen LogP contribution in [0.15, 0.2) is 0 Å². The normalized spacial score (nSPS) is 44.0. The number of aliphatic hydroxyl groups excluding tert-OH is 1. The van der Waals surface area contributed by atoms with Gasteiger partial charge in [0.25, 0.3) is 0 Å². The number of likely N-dealkylation sites (N-methyl/N-ethyl adjacent to an activating group) is 1. The first-order valence-corrected chi connectivity index (χ1v) is 4.87. The third kappa shape index (κ3) is 1.49. The quantitative estimate of drug-likeness (QED) is 0.522. The second-order valence-electron chi connectivity index (χ2n) is 4.13. The third-order valence-corrected chi connectivity index (χ3v) is 3.21. The molecule has 0 saturated carbocycles. The molecule has 3 heteroatoms. The number of nitrogens with zero attached hydrogens (tertiary/aromatic N) is 1. The lowest BCUT2D eigenvalue weighted by atomic mass is 9.83. The fourth-order valence-corrected chi connectivity index (χ4v) is 2.44. The van der Waals surface area contributed by atoms with E-state index in [0.717, 1.165) is 32.5 Å². The molecule has 2 aliphatic heterocycles. The topological polar surface area (TPSA) is 35.5 Å². The first-order chi connectivity index (χ1) is 5.77. The molecule has 2 heterocycles. The van der Waals surface area contributed by atoms with E-state index in [-0.39, 0.29) is 6.10 Å². The summed E-state index contributed by atoms with van der Waals surface area (Å²) in [6, 6.07) is 0.535. The van der Waals surface area contributed by atoms with Crippen LogP contribution in [0.3, 0.4) is 0 Å². The van der Waals surface area contributed by atoms with Crippen LogP contribution in [0.1, 0.15) is 12.8 Å². The standard InChI is InChI=1S/C9H18N2O/c1-11-5-3-7-8(6-11)10-4-2-9(7)12/h7-10,12H,2-6H2,1H3. The minimum absolute atomic E-state index is 0.0510. The van der Waals surface area contributed by atoms with Crippen LogP contribution in [-0.4, -0.2) is 48.8 Å². The Morgan fingerprint density at radius 3 is 3.08 bits per heavy atom. The fraction of sp³-hybridized carbons (Fsp3) is 1.00. The third-order valence-electron chi connectivity index (χ3n) is 3.21. The van der Waals surface area contributed by atoms with E-state index < -0.39 is 0 Å². The Bertz CT molecular complexity index is 163. The first kappa shape index (κ1) is 8.48. The summed E-state index contributed by atoms with van der Waals surface area (Å²) in [5, 5.41) is 13.2. The van der Waals surface area contributed by atoms with Gasteiger partial charge in [0.05, 0.1) is 6.10 Å². The Balaban J connectivity index is 1.99. The van der Waals surface area contributed by atoms with Crippen molar-refractivity contribution in [3.8, 4) is 0 Å². The summed E-state index contributed by atoms with van der Waals surface area (Å²) in [5.74, 6) is 0.509. The van der Waals surface area contributed by atoms with Crippen molar-refractivity contribution < 1.29 is 5.11 Å². The monoisotopic (exact) mass is 170 g/mol. The number of likely N-dealkylation sites (tertiary alicyclic amines) is 1. The molecule has 3 nitrogen and oxygen atoms in total. The average molecular weight is 170 g/mol. The van der Waals surface area contributed by atoms with Crippen LogP contribution in [0.2, 0.25) is 0 Å². The summed E-state index contributed by atoms with van der Waals surface area (Å²) in [4.78, 5) is 2.34. The first-order valence-electron chi connectivity index (χ1n) is 4.87. The van der Waals surface area contributed by atoms with Crippen LogP contribution < -0.4 is 5.32 Å². The summed E-state index contributed by atoms with van der Waals surface area (Å²) < 4.78 is 0. The number of hydrogen-bond acceptors (Lipinski definition) is 3. The highest BCUT2D eigenvalue weighted by molar-refractivity contribution is 4.91. The van der Waals surface area contributed by atoms with Gasteiger partial charge in [0, 0.05) is 18.5 Å². The molecule has 3 atom stereocenters. The Kier molecular flexibility index (Phi) is 2.35. The van der Waals surface area contributed by atoms with E-state index in [1.165, 1.54) is 0 Å². The van der Waals surface area contributed by atoms with E-state index >= 15 is 0 Å². The van der Waals surface area contributed by atoms with E-state index in [0.29, 0.717) is 12.0 Å². The Morgan fingerprint density at radius 1 is 1.42 bits per heavy atom. The maximum atomic E-state index is 9.73. The van der Waals surface area contributed by atoms with Crippen LogP contribution in [-0.2, 0) is 0 Å². The molecule has 0 aromatic carbocycles. The molecule has 2 aliphatic rings. The van der Waals surface area contributed by atoms with Crippen LogP contribution >= 0.6 is 0 Å². The lowest BCUT2D eigenvalue weighted by Gasteiger charge is -2.42. The summed E-state index contributed by atoms with van der Waals surface area (Å²) in [5.41, 5.74) is 0. The maximum Gasteiger partial charge on any atom is 0.0596 e. The van der Waals surface area contributed by atoms with Crippen molar-refractivity contribution in [3.63, 3.8) is 0 Å². The van der Waals surface area contributed by atoms with E-state index in [1.54, 1.807) is 0 Å².